The minimum Gasteiger partial charge on any atom is -0.451 e. The van der Waals surface area contributed by atoms with E-state index in [0.29, 0.717) is 26.7 Å². The van der Waals surface area contributed by atoms with Gasteiger partial charge in [-0.1, -0.05) is 41.4 Å². The van der Waals surface area contributed by atoms with Crippen LogP contribution in [0, 0.1) is 0 Å². The summed E-state index contributed by atoms with van der Waals surface area (Å²) in [6, 6.07) is 11.8. The van der Waals surface area contributed by atoms with Crippen molar-refractivity contribution in [2.45, 2.75) is 12.2 Å². The fraction of sp³-hybridized carbons (Fsp3) is 0.133. The van der Waals surface area contributed by atoms with E-state index in [-0.39, 0.29) is 0 Å². The number of hydrogen-bond donors (Lipinski definition) is 1. The van der Waals surface area contributed by atoms with E-state index < -0.39 is 18.2 Å². The van der Waals surface area contributed by atoms with E-state index in [1.54, 1.807) is 42.5 Å². The van der Waals surface area contributed by atoms with Gasteiger partial charge in [-0.05, 0) is 24.3 Å². The molecule has 1 N–H and O–H groups in total. The summed E-state index contributed by atoms with van der Waals surface area (Å²) in [5.41, 5.74) is 1.56. The standard InChI is InChI=1S/C15H10Cl2O3/c16-8-5-6-12(17)11(7-8)13(18)14-9-3-1-2-4-10(9)15(19)20-14/h1-7,13-14,18H. The van der Waals surface area contributed by atoms with Crippen molar-refractivity contribution in [3.05, 3.63) is 69.2 Å². The SMILES string of the molecule is O=C1OC(C(O)c2cc(Cl)ccc2Cl)c2ccccc21. The van der Waals surface area contributed by atoms with Gasteiger partial charge in [-0.25, -0.2) is 4.79 Å². The normalized spacial score (nSPS) is 18.6. The fourth-order valence-electron chi connectivity index (χ4n) is 2.31. The lowest BCUT2D eigenvalue weighted by Crippen LogP contribution is -2.11. The average molecular weight is 309 g/mol. The summed E-state index contributed by atoms with van der Waals surface area (Å²) in [7, 11) is 0. The molecule has 0 fully saturated rings. The highest BCUT2D eigenvalue weighted by Crippen LogP contribution is 2.41. The molecule has 2 unspecified atom stereocenters. The minimum atomic E-state index is -1.06. The molecule has 0 amide bonds. The summed E-state index contributed by atoms with van der Waals surface area (Å²) in [6.07, 6.45) is -1.83. The van der Waals surface area contributed by atoms with Crippen LogP contribution in [-0.2, 0) is 4.74 Å². The Bertz CT molecular complexity index is 685. The van der Waals surface area contributed by atoms with Crippen molar-refractivity contribution in [1.29, 1.82) is 0 Å². The second-order valence-corrected chi connectivity index (χ2v) is 5.37. The Balaban J connectivity index is 2.02. The number of esters is 1. The van der Waals surface area contributed by atoms with Crippen LogP contribution in [0.4, 0.5) is 0 Å². The zero-order chi connectivity index (χ0) is 14.3. The van der Waals surface area contributed by atoms with Crippen LogP contribution in [0.2, 0.25) is 10.0 Å². The molecule has 102 valence electrons. The Kier molecular flexibility index (Phi) is 3.42. The van der Waals surface area contributed by atoms with E-state index in [2.05, 4.69) is 0 Å². The highest BCUT2D eigenvalue weighted by atomic mass is 35.5. The lowest BCUT2D eigenvalue weighted by atomic mass is 9.97. The second kappa shape index (κ2) is 5.09. The van der Waals surface area contributed by atoms with E-state index in [9.17, 15) is 9.90 Å². The monoisotopic (exact) mass is 308 g/mol. The number of rotatable bonds is 2. The first kappa shape index (κ1) is 13.4. The average Bonchev–Trinajstić information content (AvgIpc) is 2.79. The first-order chi connectivity index (χ1) is 9.58. The molecule has 0 bridgehead atoms. The molecule has 20 heavy (non-hydrogen) atoms. The van der Waals surface area contributed by atoms with Crippen molar-refractivity contribution in [3.63, 3.8) is 0 Å². The largest absolute Gasteiger partial charge is 0.451 e. The Morgan fingerprint density at radius 3 is 2.70 bits per heavy atom. The third-order valence-electron chi connectivity index (χ3n) is 3.28. The minimum absolute atomic E-state index is 0.377. The molecular formula is C15H10Cl2O3. The van der Waals surface area contributed by atoms with Crippen LogP contribution in [0.5, 0.6) is 0 Å². The molecule has 1 aliphatic heterocycles. The van der Waals surface area contributed by atoms with Gasteiger partial charge in [-0.3, -0.25) is 0 Å². The van der Waals surface area contributed by atoms with Crippen LogP contribution in [-0.4, -0.2) is 11.1 Å². The molecule has 3 nitrogen and oxygen atoms in total. The fourth-order valence-corrected chi connectivity index (χ4v) is 2.72. The summed E-state index contributed by atoms with van der Waals surface area (Å²) >= 11 is 12.0. The summed E-state index contributed by atoms with van der Waals surface area (Å²) in [5, 5.41) is 11.3. The number of ether oxygens (including phenoxy) is 1. The van der Waals surface area contributed by atoms with Crippen molar-refractivity contribution < 1.29 is 14.6 Å². The van der Waals surface area contributed by atoms with Crippen LogP contribution >= 0.6 is 23.2 Å². The van der Waals surface area contributed by atoms with E-state index in [4.69, 9.17) is 27.9 Å². The topological polar surface area (TPSA) is 46.5 Å². The molecule has 0 saturated heterocycles. The molecule has 1 aliphatic rings. The van der Waals surface area contributed by atoms with Crippen molar-refractivity contribution in [2.75, 3.05) is 0 Å². The number of carbonyl (C=O) groups is 1. The van der Waals surface area contributed by atoms with Gasteiger partial charge in [0.15, 0.2) is 6.10 Å². The summed E-state index contributed by atoms with van der Waals surface area (Å²) in [6.45, 7) is 0. The van der Waals surface area contributed by atoms with Crippen LogP contribution in [0.15, 0.2) is 42.5 Å². The molecule has 5 heteroatoms. The van der Waals surface area contributed by atoms with E-state index in [1.165, 1.54) is 0 Å². The zero-order valence-electron chi connectivity index (χ0n) is 10.2. The molecule has 0 aromatic heterocycles. The van der Waals surface area contributed by atoms with Crippen molar-refractivity contribution >= 4 is 29.2 Å². The number of aliphatic hydroxyl groups excluding tert-OH is 1. The van der Waals surface area contributed by atoms with Crippen molar-refractivity contribution in [2.24, 2.45) is 0 Å². The predicted molar refractivity (Wildman–Crippen MR) is 76.0 cm³/mol. The number of benzene rings is 2. The molecule has 0 saturated carbocycles. The van der Waals surface area contributed by atoms with Gasteiger partial charge >= 0.3 is 5.97 Å². The Morgan fingerprint density at radius 2 is 1.90 bits per heavy atom. The van der Waals surface area contributed by atoms with Crippen LogP contribution < -0.4 is 0 Å². The molecule has 0 aliphatic carbocycles. The number of hydrogen-bond acceptors (Lipinski definition) is 3. The quantitative estimate of drug-likeness (QED) is 0.855. The first-order valence-corrected chi connectivity index (χ1v) is 6.76. The zero-order valence-corrected chi connectivity index (χ0v) is 11.7. The number of carbonyl (C=O) groups excluding carboxylic acids is 1. The summed E-state index contributed by atoms with van der Waals surface area (Å²) in [5.74, 6) is -0.442. The van der Waals surface area contributed by atoms with Gasteiger partial charge in [-0.2, -0.15) is 0 Å². The third-order valence-corrected chi connectivity index (χ3v) is 3.86. The van der Waals surface area contributed by atoms with E-state index in [0.717, 1.165) is 0 Å². The molecular weight excluding hydrogens is 299 g/mol. The molecule has 2 aromatic carbocycles. The molecule has 1 heterocycles. The number of aliphatic hydroxyl groups is 1. The molecule has 3 rings (SSSR count). The van der Waals surface area contributed by atoms with Gasteiger partial charge in [0.05, 0.1) is 5.56 Å². The van der Waals surface area contributed by atoms with Crippen LogP contribution in [0.3, 0.4) is 0 Å². The lowest BCUT2D eigenvalue weighted by Gasteiger charge is -2.19. The lowest BCUT2D eigenvalue weighted by molar-refractivity contribution is -0.0102. The summed E-state index contributed by atoms with van der Waals surface area (Å²) in [4.78, 5) is 11.8. The van der Waals surface area contributed by atoms with Gasteiger partial charge in [0.1, 0.15) is 6.10 Å². The molecule has 2 atom stereocenters. The number of cyclic esters (lactones) is 1. The van der Waals surface area contributed by atoms with Crippen LogP contribution in [0.25, 0.3) is 0 Å². The van der Waals surface area contributed by atoms with Crippen molar-refractivity contribution in [3.8, 4) is 0 Å². The predicted octanol–water partition coefficient (Wildman–Crippen LogP) is 3.94. The van der Waals surface area contributed by atoms with Gasteiger partial charge in [0, 0.05) is 21.2 Å². The first-order valence-electron chi connectivity index (χ1n) is 6.01. The second-order valence-electron chi connectivity index (χ2n) is 4.52. The Hall–Kier alpha value is -1.55. The van der Waals surface area contributed by atoms with E-state index in [1.807, 2.05) is 0 Å². The smallest absolute Gasteiger partial charge is 0.339 e. The summed E-state index contributed by atoms with van der Waals surface area (Å²) < 4.78 is 5.25. The van der Waals surface area contributed by atoms with Crippen LogP contribution in [0.1, 0.15) is 33.7 Å². The maximum atomic E-state index is 11.8. The Labute approximate surface area is 125 Å². The maximum Gasteiger partial charge on any atom is 0.339 e. The maximum absolute atomic E-state index is 11.8. The van der Waals surface area contributed by atoms with E-state index >= 15 is 0 Å². The molecule has 0 spiro atoms. The Morgan fingerprint density at radius 1 is 1.15 bits per heavy atom. The highest BCUT2D eigenvalue weighted by Gasteiger charge is 2.37. The number of halogens is 2. The van der Waals surface area contributed by atoms with Gasteiger partial charge < -0.3 is 9.84 Å². The third kappa shape index (κ3) is 2.18. The highest BCUT2D eigenvalue weighted by molar-refractivity contribution is 6.33. The van der Waals surface area contributed by atoms with Crippen molar-refractivity contribution in [1.82, 2.24) is 0 Å². The molecule has 0 radical (unpaired) electrons. The molecule has 2 aromatic rings. The van der Waals surface area contributed by atoms with Gasteiger partial charge in [-0.15, -0.1) is 0 Å². The number of fused-ring (bicyclic) bond motifs is 1. The van der Waals surface area contributed by atoms with Gasteiger partial charge in [0.2, 0.25) is 0 Å². The van der Waals surface area contributed by atoms with Gasteiger partial charge in [0.25, 0.3) is 0 Å².